The van der Waals surface area contributed by atoms with E-state index in [0.29, 0.717) is 40.5 Å². The van der Waals surface area contributed by atoms with Crippen molar-refractivity contribution in [1.82, 2.24) is 19.4 Å². The molecule has 0 aliphatic carbocycles. The molecule has 0 aliphatic heterocycles. The van der Waals surface area contributed by atoms with Crippen LogP contribution in [0.15, 0.2) is 67.5 Å². The van der Waals surface area contributed by atoms with Crippen LogP contribution in [-0.2, 0) is 4.79 Å². The van der Waals surface area contributed by atoms with Crippen molar-refractivity contribution in [3.05, 3.63) is 72.5 Å². The minimum absolute atomic E-state index is 0.266. The van der Waals surface area contributed by atoms with E-state index in [0.717, 1.165) is 16.6 Å². The number of halogens is 1. The third kappa shape index (κ3) is 5.84. The van der Waals surface area contributed by atoms with Crippen molar-refractivity contribution in [2.24, 2.45) is 0 Å². The molecule has 37 heavy (non-hydrogen) atoms. The number of likely N-dealkylation sites (N-methyl/N-ethyl adjacent to an activating group) is 1. The zero-order valence-corrected chi connectivity index (χ0v) is 22.0. The summed E-state index contributed by atoms with van der Waals surface area (Å²) in [7, 11) is 5.61. The summed E-state index contributed by atoms with van der Waals surface area (Å²) in [6.07, 6.45) is 4.82. The zero-order chi connectivity index (χ0) is 26.5. The van der Waals surface area contributed by atoms with Crippen molar-refractivity contribution in [1.29, 1.82) is 0 Å². The summed E-state index contributed by atoms with van der Waals surface area (Å²) >= 11 is 6.34. The van der Waals surface area contributed by atoms with Gasteiger partial charge in [0.15, 0.2) is 0 Å². The molecule has 0 aliphatic rings. The summed E-state index contributed by atoms with van der Waals surface area (Å²) < 4.78 is 7.60. The molecule has 0 fully saturated rings. The predicted octanol–water partition coefficient (Wildman–Crippen LogP) is 5.31. The Morgan fingerprint density at radius 2 is 2.03 bits per heavy atom. The highest BCUT2D eigenvalue weighted by atomic mass is 35.5. The number of aromatic nitrogens is 3. The Kier molecular flexibility index (Phi) is 7.95. The fourth-order valence-electron chi connectivity index (χ4n) is 3.71. The minimum Gasteiger partial charge on any atom is -0.494 e. The van der Waals surface area contributed by atoms with Crippen molar-refractivity contribution in [3.8, 4) is 11.6 Å². The number of hydrogen-bond donors (Lipinski definition) is 3. The Morgan fingerprint density at radius 1 is 1.22 bits per heavy atom. The molecule has 0 spiro atoms. The Bertz CT molecular complexity index is 1430. The van der Waals surface area contributed by atoms with Gasteiger partial charge < -0.3 is 30.2 Å². The zero-order valence-electron chi connectivity index (χ0n) is 21.2. The van der Waals surface area contributed by atoms with Crippen LogP contribution in [-0.4, -0.2) is 59.1 Å². The second-order valence-corrected chi connectivity index (χ2v) is 9.11. The average Bonchev–Trinajstić information content (AvgIpc) is 3.33. The fraction of sp³-hybridized carbons (Fsp3) is 0.222. The number of nitrogens with one attached hydrogen (secondary N) is 3. The molecule has 2 heterocycles. The number of fused-ring (bicyclic) bond motifs is 1. The smallest absolute Gasteiger partial charge is 0.247 e. The van der Waals surface area contributed by atoms with Gasteiger partial charge in [-0.1, -0.05) is 24.2 Å². The van der Waals surface area contributed by atoms with Gasteiger partial charge in [0.05, 0.1) is 29.7 Å². The molecule has 0 saturated carbocycles. The maximum atomic E-state index is 12.2. The van der Waals surface area contributed by atoms with Gasteiger partial charge in [0.25, 0.3) is 0 Å². The third-order valence-electron chi connectivity index (χ3n) is 6.07. The first-order chi connectivity index (χ1) is 17.8. The molecular formula is C27H30ClN7O2. The van der Waals surface area contributed by atoms with Crippen LogP contribution in [0.4, 0.5) is 23.0 Å². The van der Waals surface area contributed by atoms with Gasteiger partial charge >= 0.3 is 0 Å². The lowest BCUT2D eigenvalue weighted by molar-refractivity contribution is -0.111. The number of benzene rings is 2. The first-order valence-electron chi connectivity index (χ1n) is 11.7. The monoisotopic (exact) mass is 519 g/mol. The van der Waals surface area contributed by atoms with Crippen molar-refractivity contribution in [2.75, 3.05) is 43.7 Å². The minimum atomic E-state index is -0.323. The Hall–Kier alpha value is -4.08. The van der Waals surface area contributed by atoms with E-state index in [1.54, 1.807) is 19.4 Å². The average molecular weight is 520 g/mol. The van der Waals surface area contributed by atoms with Gasteiger partial charge in [0.1, 0.15) is 11.6 Å². The lowest BCUT2D eigenvalue weighted by atomic mass is 10.2. The molecule has 1 atom stereocenters. The molecular weight excluding hydrogens is 490 g/mol. The van der Waals surface area contributed by atoms with Gasteiger partial charge in [0, 0.05) is 41.5 Å². The standard InChI is InChI=1S/C27H30ClN7O2/c1-6-26(36)31-21-14-22(24(37-5)15-20(21)30-16-17(2)34(3)4)32-27-29-12-10-25(33-27)35-13-11-18-19(28)8-7-9-23(18)35/h6-15,17,30H,1,16H2,2-5H3,(H,31,36)(H,29,32,33). The van der Waals surface area contributed by atoms with Gasteiger partial charge in [-0.05, 0) is 57.4 Å². The van der Waals surface area contributed by atoms with Crippen molar-refractivity contribution >= 4 is 51.4 Å². The van der Waals surface area contributed by atoms with Crippen molar-refractivity contribution < 1.29 is 9.53 Å². The number of amides is 1. The van der Waals surface area contributed by atoms with E-state index in [2.05, 4.69) is 39.3 Å². The molecule has 4 rings (SSSR count). The summed E-state index contributed by atoms with van der Waals surface area (Å²) in [5.41, 5.74) is 2.81. The van der Waals surface area contributed by atoms with E-state index in [4.69, 9.17) is 21.3 Å². The molecule has 1 unspecified atom stereocenters. The van der Waals surface area contributed by atoms with E-state index in [1.165, 1.54) is 6.08 Å². The van der Waals surface area contributed by atoms with Gasteiger partial charge in [-0.2, -0.15) is 4.98 Å². The van der Waals surface area contributed by atoms with Crippen LogP contribution in [0.25, 0.3) is 16.7 Å². The second-order valence-electron chi connectivity index (χ2n) is 8.71. The molecule has 0 saturated heterocycles. The molecule has 0 radical (unpaired) electrons. The summed E-state index contributed by atoms with van der Waals surface area (Å²) in [5, 5.41) is 11.1. The SMILES string of the molecule is C=CC(=O)Nc1cc(Nc2nccc(-n3ccc4c(Cl)cccc43)n2)c(OC)cc1NCC(C)N(C)C. The number of nitrogens with zero attached hydrogens (tertiary/aromatic N) is 4. The van der Waals surface area contributed by atoms with Crippen LogP contribution in [0.3, 0.4) is 0 Å². The normalized spacial score (nSPS) is 11.8. The highest BCUT2D eigenvalue weighted by molar-refractivity contribution is 6.35. The number of methoxy groups -OCH3 is 1. The lowest BCUT2D eigenvalue weighted by Crippen LogP contribution is -2.31. The van der Waals surface area contributed by atoms with E-state index in [1.807, 2.05) is 61.3 Å². The van der Waals surface area contributed by atoms with Crippen molar-refractivity contribution in [3.63, 3.8) is 0 Å². The molecule has 2 aromatic heterocycles. The van der Waals surface area contributed by atoms with Gasteiger partial charge in [-0.25, -0.2) is 4.98 Å². The van der Waals surface area contributed by atoms with Crippen LogP contribution in [0, 0.1) is 0 Å². The largest absolute Gasteiger partial charge is 0.494 e. The number of ether oxygens (including phenoxy) is 1. The first-order valence-corrected chi connectivity index (χ1v) is 12.1. The van der Waals surface area contributed by atoms with E-state index >= 15 is 0 Å². The number of rotatable bonds is 10. The van der Waals surface area contributed by atoms with E-state index in [-0.39, 0.29) is 11.9 Å². The van der Waals surface area contributed by atoms with Gasteiger partial charge in [-0.3, -0.25) is 4.79 Å². The van der Waals surface area contributed by atoms with Crippen LogP contribution < -0.4 is 20.7 Å². The van der Waals surface area contributed by atoms with Crippen LogP contribution in [0.5, 0.6) is 5.75 Å². The summed E-state index contributed by atoms with van der Waals surface area (Å²) in [6, 6.07) is 13.4. The number of carbonyl (C=O) groups is 1. The summed E-state index contributed by atoms with van der Waals surface area (Å²) in [6.45, 7) is 6.33. The summed E-state index contributed by atoms with van der Waals surface area (Å²) in [5.74, 6) is 1.27. The maximum absolute atomic E-state index is 12.2. The molecule has 4 aromatic rings. The van der Waals surface area contributed by atoms with E-state index in [9.17, 15) is 4.79 Å². The molecule has 2 aromatic carbocycles. The Morgan fingerprint density at radius 3 is 2.76 bits per heavy atom. The first kappa shape index (κ1) is 26.0. The van der Waals surface area contributed by atoms with Crippen LogP contribution in [0.2, 0.25) is 5.02 Å². The number of anilines is 4. The van der Waals surface area contributed by atoms with Gasteiger partial charge in [0.2, 0.25) is 11.9 Å². The van der Waals surface area contributed by atoms with E-state index < -0.39 is 0 Å². The fourth-order valence-corrected chi connectivity index (χ4v) is 3.95. The Labute approximate surface area is 221 Å². The molecule has 3 N–H and O–H groups in total. The quantitative estimate of drug-likeness (QED) is 0.244. The third-order valence-corrected chi connectivity index (χ3v) is 6.40. The predicted molar refractivity (Wildman–Crippen MR) is 151 cm³/mol. The second kappa shape index (κ2) is 11.3. The highest BCUT2D eigenvalue weighted by Crippen LogP contribution is 2.36. The molecule has 9 nitrogen and oxygen atoms in total. The van der Waals surface area contributed by atoms with Gasteiger partial charge in [-0.15, -0.1) is 0 Å². The molecule has 0 bridgehead atoms. The molecule has 1 amide bonds. The van der Waals surface area contributed by atoms with Crippen LogP contribution >= 0.6 is 11.6 Å². The lowest BCUT2D eigenvalue weighted by Gasteiger charge is -2.23. The molecule has 10 heteroatoms. The Balaban J connectivity index is 1.67. The van der Waals surface area contributed by atoms with Crippen molar-refractivity contribution in [2.45, 2.75) is 13.0 Å². The molecule has 192 valence electrons. The van der Waals surface area contributed by atoms with Crippen LogP contribution in [0.1, 0.15) is 6.92 Å². The highest BCUT2D eigenvalue weighted by Gasteiger charge is 2.15. The maximum Gasteiger partial charge on any atom is 0.247 e. The topological polar surface area (TPSA) is 96.3 Å². The summed E-state index contributed by atoms with van der Waals surface area (Å²) in [4.78, 5) is 23.3. The number of carbonyl (C=O) groups excluding carboxylic acids is 1. The number of hydrogen-bond acceptors (Lipinski definition) is 7.